The summed E-state index contributed by atoms with van der Waals surface area (Å²) in [7, 11) is 6.16. The van der Waals surface area contributed by atoms with Crippen molar-refractivity contribution in [2.75, 3.05) is 59.4 Å². The van der Waals surface area contributed by atoms with Crippen molar-refractivity contribution in [1.82, 2.24) is 19.7 Å². The minimum Gasteiger partial charge on any atom is -0.507 e. The van der Waals surface area contributed by atoms with E-state index in [1.54, 1.807) is 45.9 Å². The number of nitrogens with zero attached hydrogens (tertiary/aromatic N) is 4. The van der Waals surface area contributed by atoms with Gasteiger partial charge in [0.2, 0.25) is 5.78 Å². The second-order valence-electron chi connectivity index (χ2n) is 15.6. The molecule has 18 heteroatoms. The molecule has 0 bridgehead atoms. The molecule has 4 saturated heterocycles. The topological polar surface area (TPSA) is 190 Å². The first-order valence-electron chi connectivity index (χ1n) is 19.7. The monoisotopic (exact) mass is 850 g/mol. The van der Waals surface area contributed by atoms with Crippen molar-refractivity contribution in [3.63, 3.8) is 0 Å². The SMILES string of the molecule is COc1cccc2c1C(=O)c1c(O)c3c(c(O)c1C2=O)C[C@@](O)(C(=O)N1CCN(CSSc2ccccn2)CC1)C[C@@H]3O[C@H]1C[C@H]2[C@H](O[C@@H]3[C@@H](OC)OCCN32)[C@H](C)O1. The highest BCUT2D eigenvalue weighted by Crippen LogP contribution is 2.53. The summed E-state index contributed by atoms with van der Waals surface area (Å²) >= 11 is 0. The molecule has 8 atom stereocenters. The van der Waals surface area contributed by atoms with Crippen LogP contribution >= 0.6 is 21.6 Å². The normalized spacial score (nSPS) is 30.6. The number of aromatic hydroxyl groups is 2. The summed E-state index contributed by atoms with van der Waals surface area (Å²) in [4.78, 5) is 53.2. The number of benzene rings is 2. The van der Waals surface area contributed by atoms with E-state index in [2.05, 4.69) is 14.8 Å². The Hall–Kier alpha value is -3.82. The highest BCUT2D eigenvalue weighted by atomic mass is 33.1. The van der Waals surface area contributed by atoms with Crippen LogP contribution in [-0.4, -0.2) is 155 Å². The molecule has 59 heavy (non-hydrogen) atoms. The predicted octanol–water partition coefficient (Wildman–Crippen LogP) is 3.09. The number of methoxy groups -OCH3 is 2. The molecule has 314 valence electrons. The van der Waals surface area contributed by atoms with Gasteiger partial charge in [-0.05, 0) is 35.9 Å². The number of pyridine rings is 1. The van der Waals surface area contributed by atoms with Crippen molar-refractivity contribution in [2.24, 2.45) is 0 Å². The number of ketones is 2. The van der Waals surface area contributed by atoms with Crippen molar-refractivity contribution >= 4 is 39.1 Å². The average molecular weight is 851 g/mol. The van der Waals surface area contributed by atoms with Crippen LogP contribution in [0.15, 0.2) is 47.6 Å². The fourth-order valence-electron chi connectivity index (χ4n) is 9.42. The Morgan fingerprint density at radius 2 is 1.78 bits per heavy atom. The number of carbonyl (C=O) groups is 3. The number of amides is 1. The average Bonchev–Trinajstić information content (AvgIpc) is 3.63. The van der Waals surface area contributed by atoms with Crippen LogP contribution in [0.25, 0.3) is 0 Å². The maximum atomic E-state index is 14.5. The molecule has 0 spiro atoms. The summed E-state index contributed by atoms with van der Waals surface area (Å²) in [6.45, 7) is 4.71. The maximum Gasteiger partial charge on any atom is 0.255 e. The Morgan fingerprint density at radius 3 is 2.53 bits per heavy atom. The van der Waals surface area contributed by atoms with Gasteiger partial charge in [0, 0.05) is 88.0 Å². The van der Waals surface area contributed by atoms with E-state index in [0.717, 1.165) is 5.03 Å². The third-order valence-electron chi connectivity index (χ3n) is 12.3. The van der Waals surface area contributed by atoms with Crippen LogP contribution in [0, 0.1) is 0 Å². The van der Waals surface area contributed by atoms with E-state index in [1.807, 2.05) is 25.1 Å². The third-order valence-corrected chi connectivity index (χ3v) is 14.4. The van der Waals surface area contributed by atoms with Crippen LogP contribution in [0.4, 0.5) is 0 Å². The van der Waals surface area contributed by atoms with Crippen molar-refractivity contribution in [2.45, 2.75) is 80.0 Å². The Balaban J connectivity index is 1.02. The number of aromatic nitrogens is 1. The van der Waals surface area contributed by atoms with Crippen LogP contribution in [0.1, 0.15) is 68.8 Å². The highest BCUT2D eigenvalue weighted by molar-refractivity contribution is 8.76. The number of hydrogen-bond acceptors (Lipinski definition) is 17. The van der Waals surface area contributed by atoms with Crippen LogP contribution < -0.4 is 4.74 Å². The van der Waals surface area contributed by atoms with Gasteiger partial charge >= 0.3 is 0 Å². The number of ether oxygens (including phenoxy) is 6. The van der Waals surface area contributed by atoms with E-state index in [1.165, 1.54) is 19.2 Å². The zero-order chi connectivity index (χ0) is 41.2. The Labute approximate surface area is 348 Å². The summed E-state index contributed by atoms with van der Waals surface area (Å²) in [5.41, 5.74) is -3.01. The number of fused-ring (bicyclic) bond motifs is 6. The molecule has 16 nitrogen and oxygen atoms in total. The molecule has 4 aliphatic heterocycles. The van der Waals surface area contributed by atoms with Crippen molar-refractivity contribution < 1.29 is 58.1 Å². The van der Waals surface area contributed by atoms with Gasteiger partial charge in [0.25, 0.3) is 5.91 Å². The summed E-state index contributed by atoms with van der Waals surface area (Å²) in [5, 5.41) is 37.6. The molecule has 3 N–H and O–H groups in total. The number of phenols is 2. The number of aliphatic hydroxyl groups is 1. The minimum absolute atomic E-state index is 0.00373. The lowest BCUT2D eigenvalue weighted by Gasteiger charge is -2.45. The van der Waals surface area contributed by atoms with E-state index in [4.69, 9.17) is 28.4 Å². The van der Waals surface area contributed by atoms with Gasteiger partial charge in [-0.2, -0.15) is 0 Å². The van der Waals surface area contributed by atoms with Gasteiger partial charge in [-0.1, -0.05) is 29.0 Å². The maximum absolute atomic E-state index is 14.5. The molecule has 1 aromatic heterocycles. The first kappa shape index (κ1) is 40.6. The number of phenolic OH excluding ortho intramolecular Hbond substituents is 2. The second-order valence-corrected chi connectivity index (χ2v) is 17.9. The zero-order valence-electron chi connectivity index (χ0n) is 32.8. The summed E-state index contributed by atoms with van der Waals surface area (Å²) < 4.78 is 36.2. The Morgan fingerprint density at radius 1 is 0.983 bits per heavy atom. The molecule has 3 aromatic rings. The van der Waals surface area contributed by atoms with E-state index in [-0.39, 0.29) is 46.6 Å². The summed E-state index contributed by atoms with van der Waals surface area (Å²) in [5.74, 6) is -2.31. The second kappa shape index (κ2) is 16.2. The molecule has 5 heterocycles. The van der Waals surface area contributed by atoms with E-state index in [0.29, 0.717) is 51.6 Å². The van der Waals surface area contributed by atoms with E-state index >= 15 is 0 Å². The Kier molecular flexibility index (Phi) is 11.2. The van der Waals surface area contributed by atoms with Crippen LogP contribution in [0.5, 0.6) is 17.2 Å². The van der Waals surface area contributed by atoms with E-state index < -0.39 is 83.1 Å². The molecule has 2 aromatic carbocycles. The molecule has 4 fully saturated rings. The van der Waals surface area contributed by atoms with Crippen molar-refractivity contribution in [3.05, 3.63) is 76.0 Å². The lowest BCUT2D eigenvalue weighted by molar-refractivity contribution is -0.256. The molecule has 2 aliphatic carbocycles. The fourth-order valence-corrected chi connectivity index (χ4v) is 11.5. The van der Waals surface area contributed by atoms with Gasteiger partial charge in [-0.15, -0.1) is 0 Å². The van der Waals surface area contributed by atoms with Crippen LogP contribution in [-0.2, 0) is 34.9 Å². The van der Waals surface area contributed by atoms with Gasteiger partial charge in [-0.3, -0.25) is 24.2 Å². The van der Waals surface area contributed by atoms with Gasteiger partial charge in [0.1, 0.15) is 34.0 Å². The smallest absolute Gasteiger partial charge is 0.255 e. The van der Waals surface area contributed by atoms with E-state index in [9.17, 15) is 29.7 Å². The van der Waals surface area contributed by atoms with Gasteiger partial charge < -0.3 is 48.6 Å². The predicted molar refractivity (Wildman–Crippen MR) is 212 cm³/mol. The summed E-state index contributed by atoms with van der Waals surface area (Å²) in [6, 6.07) is 10.1. The standard InChI is InChI=1S/C41H46N4O12S2/c1-21-37-24(45-15-16-54-39(53-3)38(45)57-37)17-28(55-21)56-26-19-41(51,40(50)44-13-11-43(12-14-44)20-58-59-27-9-4-5-10-42-27)18-23-30(26)36(49)32-31(34(23)47)33(46)22-7-6-8-25(52-2)29(22)35(32)48/h4-10,21,24,26,28,37-39,47,49,51H,11-20H2,1-3H3/t21-,24-,26-,28-,37+,38+,39-,41-/m0/s1. The lowest BCUT2D eigenvalue weighted by atomic mass is 9.72. The fraction of sp³-hybridized carbons (Fsp3) is 0.512. The van der Waals surface area contributed by atoms with Gasteiger partial charge in [0.15, 0.2) is 24.6 Å². The molecular formula is C41H46N4O12S2. The van der Waals surface area contributed by atoms with Gasteiger partial charge in [0.05, 0.1) is 48.5 Å². The number of rotatable bonds is 9. The first-order valence-corrected chi connectivity index (χ1v) is 22.0. The molecule has 0 unspecified atom stereocenters. The Bertz CT molecular complexity index is 2140. The number of hydrogen-bond donors (Lipinski definition) is 3. The van der Waals surface area contributed by atoms with Crippen LogP contribution in [0.2, 0.25) is 0 Å². The largest absolute Gasteiger partial charge is 0.507 e. The minimum atomic E-state index is -2.12. The molecule has 9 rings (SSSR count). The number of piperazine rings is 1. The quantitative estimate of drug-likeness (QED) is 0.164. The van der Waals surface area contributed by atoms with Crippen molar-refractivity contribution in [3.8, 4) is 17.2 Å². The van der Waals surface area contributed by atoms with Crippen LogP contribution in [0.3, 0.4) is 0 Å². The zero-order valence-corrected chi connectivity index (χ0v) is 34.4. The highest BCUT2D eigenvalue weighted by Gasteiger charge is 2.55. The molecule has 1 amide bonds. The number of morpholine rings is 1. The third kappa shape index (κ3) is 7.10. The molecular weight excluding hydrogens is 805 g/mol. The van der Waals surface area contributed by atoms with Crippen molar-refractivity contribution in [1.29, 1.82) is 0 Å². The first-order chi connectivity index (χ1) is 28.5. The van der Waals surface area contributed by atoms with Gasteiger partial charge in [-0.25, -0.2) is 4.98 Å². The molecule has 6 aliphatic rings. The lowest BCUT2D eigenvalue weighted by Crippen LogP contribution is -2.58. The summed E-state index contributed by atoms with van der Waals surface area (Å²) in [6.07, 6.45) is -2.71. The molecule has 0 saturated carbocycles. The number of carbonyl (C=O) groups excluding carboxylic acids is 3. The molecule has 0 radical (unpaired) electrons.